The first kappa shape index (κ1) is 12.5. The number of imidazole rings is 1. The Kier molecular flexibility index (Phi) is 4.58. The molecule has 1 N–H and O–H groups in total. The lowest BCUT2D eigenvalue weighted by Crippen LogP contribution is -2.12. The molecule has 0 aliphatic carbocycles. The Labute approximate surface area is 97.7 Å². The summed E-state index contributed by atoms with van der Waals surface area (Å²) < 4.78 is 3.13. The van der Waals surface area contributed by atoms with Crippen LogP contribution in [0.15, 0.2) is 6.20 Å². The third-order valence-corrected chi connectivity index (χ3v) is 3.43. The summed E-state index contributed by atoms with van der Waals surface area (Å²) in [5, 5.41) is 0. The average Bonchev–Trinajstić information content (AvgIpc) is 2.56. The Morgan fingerprint density at radius 2 is 1.93 bits per heavy atom. The Morgan fingerprint density at radius 3 is 2.40 bits per heavy atom. The van der Waals surface area contributed by atoms with Gasteiger partial charge >= 0.3 is 0 Å². The van der Waals surface area contributed by atoms with Crippen LogP contribution in [-0.4, -0.2) is 9.55 Å². The molecule has 1 rings (SSSR count). The largest absolute Gasteiger partial charge is 0.337 e. The molecular formula is C12H22N2S. The molecule has 3 heteroatoms. The summed E-state index contributed by atoms with van der Waals surface area (Å²) in [6.45, 7) is 9.98. The fraction of sp³-hybridized carbons (Fsp3) is 0.750. The Balaban J connectivity index is 2.92. The quantitative estimate of drug-likeness (QED) is 0.749. The van der Waals surface area contributed by atoms with Crippen LogP contribution in [0.2, 0.25) is 0 Å². The molecule has 0 saturated heterocycles. The van der Waals surface area contributed by atoms with E-state index in [9.17, 15) is 0 Å². The fourth-order valence-corrected chi connectivity index (χ4v) is 2.12. The second-order valence-electron chi connectivity index (χ2n) is 4.47. The van der Waals surface area contributed by atoms with Gasteiger partial charge in [-0.15, -0.1) is 0 Å². The third-order valence-electron chi connectivity index (χ3n) is 3.09. The van der Waals surface area contributed by atoms with Gasteiger partial charge in [-0.3, -0.25) is 0 Å². The molecule has 0 radical (unpaired) electrons. The van der Waals surface area contributed by atoms with Crippen LogP contribution in [0.5, 0.6) is 0 Å². The lowest BCUT2D eigenvalue weighted by atomic mass is 10.0. The van der Waals surface area contributed by atoms with Crippen LogP contribution in [0.3, 0.4) is 0 Å². The first-order valence-corrected chi connectivity index (χ1v) is 6.29. The van der Waals surface area contributed by atoms with Crippen molar-refractivity contribution in [3.05, 3.63) is 16.7 Å². The minimum Gasteiger partial charge on any atom is -0.337 e. The predicted octanol–water partition coefficient (Wildman–Crippen LogP) is 4.11. The second kappa shape index (κ2) is 5.50. The van der Waals surface area contributed by atoms with Crippen LogP contribution in [-0.2, 0) is 6.54 Å². The molecule has 0 aliphatic heterocycles. The smallest absolute Gasteiger partial charge is 0.177 e. The summed E-state index contributed by atoms with van der Waals surface area (Å²) >= 11 is 5.31. The number of rotatable bonds is 5. The van der Waals surface area contributed by atoms with Crippen molar-refractivity contribution in [1.82, 2.24) is 9.55 Å². The Morgan fingerprint density at radius 1 is 1.33 bits per heavy atom. The van der Waals surface area contributed by atoms with Crippen molar-refractivity contribution in [2.75, 3.05) is 0 Å². The summed E-state index contributed by atoms with van der Waals surface area (Å²) in [7, 11) is 0. The predicted molar refractivity (Wildman–Crippen MR) is 67.8 cm³/mol. The minimum absolute atomic E-state index is 0.535. The highest BCUT2D eigenvalue weighted by Gasteiger charge is 2.11. The zero-order chi connectivity index (χ0) is 11.4. The number of hydrogen-bond acceptors (Lipinski definition) is 1. The summed E-state index contributed by atoms with van der Waals surface area (Å²) in [5.74, 6) is 1.28. The first-order valence-electron chi connectivity index (χ1n) is 5.88. The molecule has 1 aromatic rings. The van der Waals surface area contributed by atoms with Gasteiger partial charge in [0.05, 0.1) is 0 Å². The summed E-state index contributed by atoms with van der Waals surface area (Å²) in [6, 6.07) is 0. The maximum absolute atomic E-state index is 5.31. The Bertz CT molecular complexity index is 345. The second-order valence-corrected chi connectivity index (χ2v) is 4.85. The molecule has 1 heterocycles. The normalized spacial score (nSPS) is 11.6. The number of aromatic amines is 1. The van der Waals surface area contributed by atoms with Crippen LogP contribution in [0.25, 0.3) is 0 Å². The van der Waals surface area contributed by atoms with Crippen LogP contribution in [0.4, 0.5) is 0 Å². The summed E-state index contributed by atoms with van der Waals surface area (Å²) in [4.78, 5) is 3.15. The highest BCUT2D eigenvalue weighted by Crippen LogP contribution is 2.18. The van der Waals surface area contributed by atoms with E-state index in [-0.39, 0.29) is 0 Å². The van der Waals surface area contributed by atoms with E-state index in [1.54, 1.807) is 0 Å². The van der Waals surface area contributed by atoms with E-state index in [2.05, 4.69) is 43.4 Å². The molecule has 15 heavy (non-hydrogen) atoms. The Hall–Kier alpha value is -0.570. The van der Waals surface area contributed by atoms with Crippen molar-refractivity contribution < 1.29 is 0 Å². The van der Waals surface area contributed by atoms with Gasteiger partial charge in [-0.2, -0.15) is 0 Å². The molecule has 0 unspecified atom stereocenters. The van der Waals surface area contributed by atoms with Crippen molar-refractivity contribution in [1.29, 1.82) is 0 Å². The number of nitrogens with one attached hydrogen (secondary N) is 1. The van der Waals surface area contributed by atoms with Gasteiger partial charge in [0.25, 0.3) is 0 Å². The minimum atomic E-state index is 0.535. The molecule has 0 aromatic carbocycles. The van der Waals surface area contributed by atoms with E-state index in [0.29, 0.717) is 5.92 Å². The highest BCUT2D eigenvalue weighted by atomic mass is 32.1. The van der Waals surface area contributed by atoms with E-state index >= 15 is 0 Å². The van der Waals surface area contributed by atoms with Crippen LogP contribution < -0.4 is 0 Å². The fourth-order valence-electron chi connectivity index (χ4n) is 1.88. The molecule has 0 atom stereocenters. The molecule has 2 nitrogen and oxygen atoms in total. The van der Waals surface area contributed by atoms with Crippen molar-refractivity contribution in [2.24, 2.45) is 5.92 Å². The molecule has 0 amide bonds. The van der Waals surface area contributed by atoms with E-state index in [1.165, 1.54) is 18.5 Å². The van der Waals surface area contributed by atoms with Crippen LogP contribution >= 0.6 is 12.2 Å². The van der Waals surface area contributed by atoms with Crippen molar-refractivity contribution in [2.45, 2.75) is 53.0 Å². The van der Waals surface area contributed by atoms with Crippen LogP contribution in [0.1, 0.15) is 52.1 Å². The molecule has 0 aliphatic rings. The monoisotopic (exact) mass is 226 g/mol. The first-order chi connectivity index (χ1) is 7.10. The molecule has 0 bridgehead atoms. The van der Waals surface area contributed by atoms with Gasteiger partial charge in [-0.1, -0.05) is 40.5 Å². The summed E-state index contributed by atoms with van der Waals surface area (Å²) in [6.07, 6.45) is 4.50. The molecule has 0 spiro atoms. The van der Waals surface area contributed by atoms with Gasteiger partial charge in [0, 0.05) is 18.4 Å². The number of aromatic nitrogens is 2. The standard InChI is InChI=1S/C12H22N2S/c1-5-10(6-2)8-14-11(9(3)4)7-13-12(14)15/h7,9-10H,5-6,8H2,1-4H3,(H,13,15). The molecule has 1 aromatic heterocycles. The third kappa shape index (κ3) is 2.94. The topological polar surface area (TPSA) is 20.7 Å². The zero-order valence-corrected chi connectivity index (χ0v) is 11.0. The lowest BCUT2D eigenvalue weighted by Gasteiger charge is -2.16. The van der Waals surface area contributed by atoms with E-state index < -0.39 is 0 Å². The maximum Gasteiger partial charge on any atom is 0.177 e. The number of hydrogen-bond donors (Lipinski definition) is 1. The molecule has 86 valence electrons. The molecular weight excluding hydrogens is 204 g/mol. The van der Waals surface area contributed by atoms with Gasteiger partial charge in [0.15, 0.2) is 4.77 Å². The van der Waals surface area contributed by atoms with Gasteiger partial charge in [0.2, 0.25) is 0 Å². The van der Waals surface area contributed by atoms with Gasteiger partial charge in [0.1, 0.15) is 0 Å². The highest BCUT2D eigenvalue weighted by molar-refractivity contribution is 7.71. The van der Waals surface area contributed by atoms with Gasteiger partial charge < -0.3 is 9.55 Å². The van der Waals surface area contributed by atoms with Crippen molar-refractivity contribution in [3.63, 3.8) is 0 Å². The van der Waals surface area contributed by atoms with E-state index in [4.69, 9.17) is 12.2 Å². The van der Waals surface area contributed by atoms with Gasteiger partial charge in [-0.05, 0) is 24.1 Å². The SMILES string of the molecule is CCC(CC)Cn1c(C(C)C)c[nH]c1=S. The lowest BCUT2D eigenvalue weighted by molar-refractivity contribution is 0.406. The van der Waals surface area contributed by atoms with Crippen molar-refractivity contribution in [3.8, 4) is 0 Å². The van der Waals surface area contributed by atoms with Gasteiger partial charge in [-0.25, -0.2) is 0 Å². The molecule has 0 saturated carbocycles. The van der Waals surface area contributed by atoms with E-state index in [0.717, 1.165) is 17.2 Å². The number of nitrogens with zero attached hydrogens (tertiary/aromatic N) is 1. The zero-order valence-electron chi connectivity index (χ0n) is 10.2. The van der Waals surface area contributed by atoms with Crippen LogP contribution in [0, 0.1) is 10.7 Å². The van der Waals surface area contributed by atoms with E-state index in [1.807, 2.05) is 0 Å². The average molecular weight is 226 g/mol. The summed E-state index contributed by atoms with van der Waals surface area (Å²) in [5.41, 5.74) is 1.33. The number of H-pyrrole nitrogens is 1. The van der Waals surface area contributed by atoms with Crippen molar-refractivity contribution >= 4 is 12.2 Å². The molecule has 0 fully saturated rings. The maximum atomic E-state index is 5.31.